The minimum absolute atomic E-state index is 0.00746. The number of carbonyl (C=O) groups excluding carboxylic acids is 1. The number of amides is 1. The summed E-state index contributed by atoms with van der Waals surface area (Å²) in [5, 5.41) is 14.2. The van der Waals surface area contributed by atoms with Crippen molar-refractivity contribution in [1.82, 2.24) is 25.6 Å². The first kappa shape index (κ1) is 17.6. The normalized spacial score (nSPS) is 12.6. The number of aromatic nitrogens is 3. The molecular formula is C15H29N5O. The fourth-order valence-electron chi connectivity index (χ4n) is 2.12. The molecule has 0 spiro atoms. The molecule has 1 rings (SSSR count). The van der Waals surface area contributed by atoms with Gasteiger partial charge in [0, 0.05) is 12.6 Å². The zero-order chi connectivity index (χ0) is 15.7. The van der Waals surface area contributed by atoms with Crippen LogP contribution in [0.25, 0.3) is 0 Å². The maximum Gasteiger partial charge on any atom is 0.242 e. The predicted octanol–water partition coefficient (Wildman–Crippen LogP) is 1.72. The van der Waals surface area contributed by atoms with E-state index < -0.39 is 0 Å². The Labute approximate surface area is 127 Å². The first-order chi connectivity index (χ1) is 10.0. The lowest BCUT2D eigenvalue weighted by Gasteiger charge is -2.14. The van der Waals surface area contributed by atoms with Crippen LogP contribution >= 0.6 is 0 Å². The Balaban J connectivity index is 2.27. The van der Waals surface area contributed by atoms with E-state index in [-0.39, 0.29) is 18.5 Å². The average molecular weight is 295 g/mol. The van der Waals surface area contributed by atoms with E-state index in [0.717, 1.165) is 31.0 Å². The number of hydrogen-bond donors (Lipinski definition) is 2. The summed E-state index contributed by atoms with van der Waals surface area (Å²) >= 11 is 0. The molecule has 1 atom stereocenters. The van der Waals surface area contributed by atoms with Crippen LogP contribution in [-0.2, 0) is 17.9 Å². The molecule has 1 unspecified atom stereocenters. The van der Waals surface area contributed by atoms with E-state index in [0.29, 0.717) is 6.54 Å². The van der Waals surface area contributed by atoms with Gasteiger partial charge in [-0.2, -0.15) is 0 Å². The van der Waals surface area contributed by atoms with E-state index >= 15 is 0 Å². The standard InChI is InChI=1S/C15H29N5O/c1-5-16-9-14-10-20(19-18-14)11-15(21)17-13(4)8-6-7-12(2)3/h10,12-13,16H,5-9,11H2,1-4H3,(H,17,21). The van der Waals surface area contributed by atoms with Gasteiger partial charge in [-0.15, -0.1) is 5.10 Å². The van der Waals surface area contributed by atoms with Crippen molar-refractivity contribution in [1.29, 1.82) is 0 Å². The number of carbonyl (C=O) groups is 1. The lowest BCUT2D eigenvalue weighted by Crippen LogP contribution is -2.35. The number of nitrogens with zero attached hydrogens (tertiary/aromatic N) is 3. The van der Waals surface area contributed by atoms with Crippen LogP contribution in [0.1, 0.15) is 52.7 Å². The molecule has 1 aromatic rings. The molecule has 0 saturated heterocycles. The minimum atomic E-state index is -0.00746. The molecule has 0 aromatic carbocycles. The molecular weight excluding hydrogens is 266 g/mol. The van der Waals surface area contributed by atoms with Gasteiger partial charge >= 0.3 is 0 Å². The van der Waals surface area contributed by atoms with Crippen molar-refractivity contribution in [2.75, 3.05) is 6.54 Å². The Morgan fingerprint density at radius 3 is 2.76 bits per heavy atom. The van der Waals surface area contributed by atoms with Crippen molar-refractivity contribution in [2.45, 2.75) is 66.1 Å². The second kappa shape index (κ2) is 9.50. The van der Waals surface area contributed by atoms with Gasteiger partial charge in [0.1, 0.15) is 6.54 Å². The summed E-state index contributed by atoms with van der Waals surface area (Å²) in [4.78, 5) is 11.9. The molecule has 0 aliphatic carbocycles. The Bertz CT molecular complexity index is 416. The molecule has 0 bridgehead atoms. The van der Waals surface area contributed by atoms with E-state index in [4.69, 9.17) is 0 Å². The molecule has 120 valence electrons. The molecule has 1 heterocycles. The van der Waals surface area contributed by atoms with E-state index in [2.05, 4.69) is 41.7 Å². The molecule has 0 saturated carbocycles. The smallest absolute Gasteiger partial charge is 0.242 e. The van der Waals surface area contributed by atoms with Crippen molar-refractivity contribution < 1.29 is 4.79 Å². The topological polar surface area (TPSA) is 71.8 Å². The van der Waals surface area contributed by atoms with Crippen molar-refractivity contribution in [2.24, 2.45) is 5.92 Å². The third-order valence-electron chi connectivity index (χ3n) is 3.27. The Morgan fingerprint density at radius 2 is 2.10 bits per heavy atom. The second-order valence-electron chi connectivity index (χ2n) is 5.98. The highest BCUT2D eigenvalue weighted by Gasteiger charge is 2.09. The quantitative estimate of drug-likeness (QED) is 0.689. The van der Waals surface area contributed by atoms with Crippen molar-refractivity contribution in [3.63, 3.8) is 0 Å². The molecule has 0 fully saturated rings. The molecule has 6 heteroatoms. The van der Waals surface area contributed by atoms with Crippen molar-refractivity contribution in [3.05, 3.63) is 11.9 Å². The SMILES string of the molecule is CCNCc1cn(CC(=O)NC(C)CCCC(C)C)nn1. The molecule has 0 aliphatic heterocycles. The lowest BCUT2D eigenvalue weighted by atomic mass is 10.0. The van der Waals surface area contributed by atoms with Crippen molar-refractivity contribution in [3.8, 4) is 0 Å². The average Bonchev–Trinajstić information content (AvgIpc) is 2.83. The van der Waals surface area contributed by atoms with Crippen LogP contribution in [-0.4, -0.2) is 33.5 Å². The van der Waals surface area contributed by atoms with Gasteiger partial charge in [-0.05, 0) is 25.8 Å². The summed E-state index contributed by atoms with van der Waals surface area (Å²) in [6, 6.07) is 0.209. The third-order valence-corrected chi connectivity index (χ3v) is 3.27. The summed E-state index contributed by atoms with van der Waals surface area (Å²) in [5.41, 5.74) is 0.856. The minimum Gasteiger partial charge on any atom is -0.352 e. The third kappa shape index (κ3) is 7.80. The Kier molecular flexibility index (Phi) is 7.97. The van der Waals surface area contributed by atoms with Gasteiger partial charge < -0.3 is 10.6 Å². The summed E-state index contributed by atoms with van der Waals surface area (Å²) < 4.78 is 1.59. The Hall–Kier alpha value is -1.43. The summed E-state index contributed by atoms with van der Waals surface area (Å²) in [7, 11) is 0. The molecule has 21 heavy (non-hydrogen) atoms. The fraction of sp³-hybridized carbons (Fsp3) is 0.800. The van der Waals surface area contributed by atoms with E-state index in [1.807, 2.05) is 13.1 Å². The van der Waals surface area contributed by atoms with Gasteiger partial charge in [0.2, 0.25) is 5.91 Å². The van der Waals surface area contributed by atoms with Crippen LogP contribution in [0.4, 0.5) is 0 Å². The molecule has 0 radical (unpaired) electrons. The molecule has 1 amide bonds. The van der Waals surface area contributed by atoms with Gasteiger partial charge in [0.05, 0.1) is 11.9 Å². The zero-order valence-electron chi connectivity index (χ0n) is 13.7. The zero-order valence-corrected chi connectivity index (χ0v) is 13.7. The van der Waals surface area contributed by atoms with E-state index in [9.17, 15) is 4.79 Å². The highest BCUT2D eigenvalue weighted by molar-refractivity contribution is 5.75. The Morgan fingerprint density at radius 1 is 1.33 bits per heavy atom. The number of rotatable bonds is 10. The van der Waals surface area contributed by atoms with E-state index in [1.54, 1.807) is 4.68 Å². The van der Waals surface area contributed by atoms with Gasteiger partial charge in [-0.25, -0.2) is 4.68 Å². The van der Waals surface area contributed by atoms with Gasteiger partial charge in [0.15, 0.2) is 0 Å². The van der Waals surface area contributed by atoms with Gasteiger partial charge in [-0.1, -0.05) is 38.8 Å². The first-order valence-corrected chi connectivity index (χ1v) is 7.90. The van der Waals surface area contributed by atoms with Gasteiger partial charge in [0.25, 0.3) is 0 Å². The van der Waals surface area contributed by atoms with Crippen LogP contribution in [0.5, 0.6) is 0 Å². The highest BCUT2D eigenvalue weighted by atomic mass is 16.2. The molecule has 1 aromatic heterocycles. The van der Waals surface area contributed by atoms with Crippen LogP contribution < -0.4 is 10.6 Å². The highest BCUT2D eigenvalue weighted by Crippen LogP contribution is 2.08. The van der Waals surface area contributed by atoms with Crippen LogP contribution in [0.15, 0.2) is 6.20 Å². The van der Waals surface area contributed by atoms with Crippen LogP contribution in [0.3, 0.4) is 0 Å². The number of hydrogen-bond acceptors (Lipinski definition) is 4. The van der Waals surface area contributed by atoms with Gasteiger partial charge in [-0.3, -0.25) is 4.79 Å². The summed E-state index contributed by atoms with van der Waals surface area (Å²) in [6.07, 6.45) is 5.19. The largest absolute Gasteiger partial charge is 0.352 e. The van der Waals surface area contributed by atoms with Crippen molar-refractivity contribution >= 4 is 5.91 Å². The number of nitrogens with one attached hydrogen (secondary N) is 2. The van der Waals surface area contributed by atoms with Crippen LogP contribution in [0.2, 0.25) is 0 Å². The maximum atomic E-state index is 11.9. The van der Waals surface area contributed by atoms with Crippen LogP contribution in [0, 0.1) is 5.92 Å². The first-order valence-electron chi connectivity index (χ1n) is 7.90. The molecule has 2 N–H and O–H groups in total. The summed E-state index contributed by atoms with van der Waals surface area (Å²) in [5.74, 6) is 0.713. The molecule has 6 nitrogen and oxygen atoms in total. The predicted molar refractivity (Wildman–Crippen MR) is 83.7 cm³/mol. The second-order valence-corrected chi connectivity index (χ2v) is 5.98. The molecule has 0 aliphatic rings. The monoisotopic (exact) mass is 295 g/mol. The summed E-state index contributed by atoms with van der Waals surface area (Å²) in [6.45, 7) is 10.3. The van der Waals surface area contributed by atoms with E-state index in [1.165, 1.54) is 6.42 Å². The lowest BCUT2D eigenvalue weighted by molar-refractivity contribution is -0.122. The maximum absolute atomic E-state index is 11.9. The fourth-order valence-corrected chi connectivity index (χ4v) is 2.12.